The third-order valence-corrected chi connectivity index (χ3v) is 5.78. The van der Waals surface area contributed by atoms with E-state index in [0.29, 0.717) is 10.7 Å². The van der Waals surface area contributed by atoms with Crippen LogP contribution >= 0.6 is 11.6 Å². The second-order valence-corrected chi connectivity index (χ2v) is 8.66. The van der Waals surface area contributed by atoms with Gasteiger partial charge in [0.25, 0.3) is 0 Å². The number of sulfone groups is 1. The van der Waals surface area contributed by atoms with Gasteiger partial charge in [-0.05, 0) is 43.3 Å². The summed E-state index contributed by atoms with van der Waals surface area (Å²) in [7, 11) is -3.62. The summed E-state index contributed by atoms with van der Waals surface area (Å²) in [6.07, 6.45) is 0.352. The van der Waals surface area contributed by atoms with Gasteiger partial charge in [0.05, 0.1) is 4.90 Å². The van der Waals surface area contributed by atoms with E-state index in [1.54, 1.807) is 0 Å². The van der Waals surface area contributed by atoms with Gasteiger partial charge in [0.2, 0.25) is 11.8 Å². The Morgan fingerprint density at radius 2 is 1.79 bits per heavy atom. The van der Waals surface area contributed by atoms with Crippen molar-refractivity contribution < 1.29 is 17.7 Å². The first kappa shape index (κ1) is 20.0. The maximum Gasteiger partial charge on any atom is 0.227 e. The number of halogens is 1. The van der Waals surface area contributed by atoms with Crippen LogP contribution in [-0.2, 0) is 26.8 Å². The molecule has 0 bridgehead atoms. The van der Waals surface area contributed by atoms with Gasteiger partial charge in [0, 0.05) is 23.6 Å². The standard InChI is InChI=1S/C19H18ClN3O4S/c1-13-2-6-15(7-3-13)21-18(24)10-11-19-22-17(23-27-19)12-28(25,26)16-8-4-14(20)5-9-16/h2-9H,10-12H2,1H3,(H,21,24). The minimum absolute atomic E-state index is 0.0453. The minimum atomic E-state index is -3.62. The highest BCUT2D eigenvalue weighted by atomic mass is 35.5. The van der Waals surface area contributed by atoms with Crippen LogP contribution in [0.2, 0.25) is 5.02 Å². The molecule has 7 nitrogen and oxygen atoms in total. The number of aromatic nitrogens is 2. The lowest BCUT2D eigenvalue weighted by molar-refractivity contribution is -0.116. The fourth-order valence-corrected chi connectivity index (χ4v) is 3.73. The molecule has 0 aliphatic heterocycles. The number of nitrogens with zero attached hydrogens (tertiary/aromatic N) is 2. The molecule has 9 heteroatoms. The van der Waals surface area contributed by atoms with Crippen molar-refractivity contribution >= 4 is 33.0 Å². The quantitative estimate of drug-likeness (QED) is 0.628. The van der Waals surface area contributed by atoms with Crippen LogP contribution in [0.1, 0.15) is 23.7 Å². The molecule has 146 valence electrons. The van der Waals surface area contributed by atoms with Crippen LogP contribution in [-0.4, -0.2) is 24.5 Å². The van der Waals surface area contributed by atoms with Gasteiger partial charge in [-0.1, -0.05) is 34.5 Å². The van der Waals surface area contributed by atoms with Gasteiger partial charge >= 0.3 is 0 Å². The Bertz CT molecular complexity index is 1060. The van der Waals surface area contributed by atoms with Crippen LogP contribution in [0.3, 0.4) is 0 Å². The Morgan fingerprint density at radius 1 is 1.11 bits per heavy atom. The number of nitrogens with one attached hydrogen (secondary N) is 1. The summed E-state index contributed by atoms with van der Waals surface area (Å²) in [5.41, 5.74) is 1.81. The Balaban J connectivity index is 1.55. The van der Waals surface area contributed by atoms with E-state index in [0.717, 1.165) is 5.56 Å². The second-order valence-electron chi connectivity index (χ2n) is 6.23. The normalized spacial score (nSPS) is 11.4. The summed E-state index contributed by atoms with van der Waals surface area (Å²) in [6, 6.07) is 13.3. The van der Waals surface area contributed by atoms with Crippen LogP contribution in [0.5, 0.6) is 0 Å². The number of hydrogen-bond acceptors (Lipinski definition) is 6. The number of rotatable bonds is 7. The van der Waals surface area contributed by atoms with E-state index in [9.17, 15) is 13.2 Å². The molecule has 0 spiro atoms. The van der Waals surface area contributed by atoms with E-state index in [1.807, 2.05) is 31.2 Å². The highest BCUT2D eigenvalue weighted by Crippen LogP contribution is 2.18. The van der Waals surface area contributed by atoms with Crippen molar-refractivity contribution in [2.45, 2.75) is 30.4 Å². The molecule has 0 saturated carbocycles. The second kappa shape index (κ2) is 8.53. The van der Waals surface area contributed by atoms with Gasteiger partial charge in [-0.3, -0.25) is 4.79 Å². The third kappa shape index (κ3) is 5.40. The first-order valence-corrected chi connectivity index (χ1v) is 10.5. The predicted octanol–water partition coefficient (Wildman–Crippen LogP) is 3.58. The highest BCUT2D eigenvalue weighted by Gasteiger charge is 2.19. The molecule has 0 fully saturated rings. The average Bonchev–Trinajstić information content (AvgIpc) is 3.09. The fourth-order valence-electron chi connectivity index (χ4n) is 2.43. The van der Waals surface area contributed by atoms with Crippen LogP contribution in [0.25, 0.3) is 0 Å². The number of carbonyl (C=O) groups excluding carboxylic acids is 1. The monoisotopic (exact) mass is 419 g/mol. The highest BCUT2D eigenvalue weighted by molar-refractivity contribution is 7.90. The van der Waals surface area contributed by atoms with Gasteiger partial charge < -0.3 is 9.84 Å². The molecule has 0 aliphatic carbocycles. The van der Waals surface area contributed by atoms with Crippen molar-refractivity contribution in [1.29, 1.82) is 0 Å². The maximum absolute atomic E-state index is 12.4. The maximum atomic E-state index is 12.4. The van der Waals surface area contributed by atoms with Crippen LogP contribution in [0, 0.1) is 6.92 Å². The molecule has 3 rings (SSSR count). The molecule has 0 unspecified atom stereocenters. The van der Waals surface area contributed by atoms with E-state index in [2.05, 4.69) is 15.5 Å². The summed E-state index contributed by atoms with van der Waals surface area (Å²) in [5.74, 6) is -0.338. The molecular weight excluding hydrogens is 402 g/mol. The smallest absolute Gasteiger partial charge is 0.227 e. The van der Waals surface area contributed by atoms with Crippen molar-refractivity contribution in [2.75, 3.05) is 5.32 Å². The van der Waals surface area contributed by atoms with Gasteiger partial charge in [-0.25, -0.2) is 8.42 Å². The van der Waals surface area contributed by atoms with Crippen molar-refractivity contribution in [2.24, 2.45) is 0 Å². The van der Waals surface area contributed by atoms with E-state index in [-0.39, 0.29) is 35.4 Å². The Morgan fingerprint density at radius 3 is 2.46 bits per heavy atom. The summed E-state index contributed by atoms with van der Waals surface area (Å²) in [4.78, 5) is 16.2. The van der Waals surface area contributed by atoms with Crippen LogP contribution in [0.4, 0.5) is 5.69 Å². The molecule has 1 N–H and O–H groups in total. The number of anilines is 1. The van der Waals surface area contributed by atoms with Crippen LogP contribution in [0.15, 0.2) is 57.9 Å². The molecule has 28 heavy (non-hydrogen) atoms. The molecule has 0 saturated heterocycles. The van der Waals surface area contributed by atoms with Crippen molar-refractivity contribution in [3.05, 3.63) is 70.8 Å². The molecule has 0 aliphatic rings. The number of carbonyl (C=O) groups is 1. The number of benzene rings is 2. The zero-order chi connectivity index (χ0) is 20.1. The van der Waals surface area contributed by atoms with E-state index in [1.165, 1.54) is 24.3 Å². The molecule has 1 amide bonds. The Labute approximate surface area is 167 Å². The molecule has 0 radical (unpaired) electrons. The summed E-state index contributed by atoms with van der Waals surface area (Å²) in [5, 5.41) is 6.92. The van der Waals surface area contributed by atoms with E-state index in [4.69, 9.17) is 16.1 Å². The lowest BCUT2D eigenvalue weighted by Gasteiger charge is -2.04. The zero-order valence-electron chi connectivity index (χ0n) is 15.1. The topological polar surface area (TPSA) is 102 Å². The number of amides is 1. The number of aryl methyl sites for hydroxylation is 2. The summed E-state index contributed by atoms with van der Waals surface area (Å²) < 4.78 is 29.8. The molecular formula is C19H18ClN3O4S. The Kier molecular flexibility index (Phi) is 6.11. The van der Waals surface area contributed by atoms with E-state index < -0.39 is 15.6 Å². The minimum Gasteiger partial charge on any atom is -0.339 e. The van der Waals surface area contributed by atoms with E-state index >= 15 is 0 Å². The summed E-state index contributed by atoms with van der Waals surface area (Å²) >= 11 is 5.78. The average molecular weight is 420 g/mol. The third-order valence-electron chi connectivity index (χ3n) is 3.90. The zero-order valence-corrected chi connectivity index (χ0v) is 16.6. The molecule has 0 atom stereocenters. The molecule has 3 aromatic rings. The van der Waals surface area contributed by atoms with Gasteiger partial charge in [-0.15, -0.1) is 0 Å². The van der Waals surface area contributed by atoms with Gasteiger partial charge in [0.1, 0.15) is 5.75 Å². The fraction of sp³-hybridized carbons (Fsp3) is 0.211. The van der Waals surface area contributed by atoms with Crippen molar-refractivity contribution in [3.63, 3.8) is 0 Å². The molecule has 1 aromatic heterocycles. The lowest BCUT2D eigenvalue weighted by atomic mass is 10.2. The largest absolute Gasteiger partial charge is 0.339 e. The SMILES string of the molecule is Cc1ccc(NC(=O)CCc2nc(CS(=O)(=O)c3ccc(Cl)cc3)no2)cc1. The number of hydrogen-bond donors (Lipinski definition) is 1. The van der Waals surface area contributed by atoms with Gasteiger partial charge in [0.15, 0.2) is 15.7 Å². The first-order valence-electron chi connectivity index (χ1n) is 8.48. The summed E-state index contributed by atoms with van der Waals surface area (Å²) in [6.45, 7) is 1.96. The Hall–Kier alpha value is -2.71. The van der Waals surface area contributed by atoms with Crippen molar-refractivity contribution in [3.8, 4) is 0 Å². The predicted molar refractivity (Wildman–Crippen MR) is 105 cm³/mol. The molecule has 2 aromatic carbocycles. The van der Waals surface area contributed by atoms with Crippen molar-refractivity contribution in [1.82, 2.24) is 10.1 Å². The first-order chi connectivity index (χ1) is 13.3. The van der Waals surface area contributed by atoms with Gasteiger partial charge in [-0.2, -0.15) is 4.98 Å². The molecule has 1 heterocycles. The lowest BCUT2D eigenvalue weighted by Crippen LogP contribution is -2.12. The van der Waals surface area contributed by atoms with Crippen LogP contribution < -0.4 is 5.32 Å².